The van der Waals surface area contributed by atoms with E-state index in [9.17, 15) is 9.18 Å². The second-order valence-electron chi connectivity index (χ2n) is 7.38. The summed E-state index contributed by atoms with van der Waals surface area (Å²) >= 11 is 5.78. The van der Waals surface area contributed by atoms with Crippen LogP contribution in [0.1, 0.15) is 6.92 Å². The number of piperazine rings is 1. The number of hydrogen-bond donors (Lipinski definition) is 0. The first-order valence-corrected chi connectivity index (χ1v) is 10.5. The van der Waals surface area contributed by atoms with Gasteiger partial charge in [-0.05, 0) is 37.3 Å². The minimum atomic E-state index is -0.573. The Morgan fingerprint density at radius 3 is 2.72 bits per heavy atom. The average Bonchev–Trinajstić information content (AvgIpc) is 2.80. The van der Waals surface area contributed by atoms with Gasteiger partial charge in [-0.15, -0.1) is 0 Å². The number of halogens is 2. The van der Waals surface area contributed by atoms with Crippen LogP contribution in [0.15, 0.2) is 60.9 Å². The first kappa shape index (κ1) is 21.8. The van der Waals surface area contributed by atoms with Gasteiger partial charge in [-0.1, -0.05) is 29.8 Å². The van der Waals surface area contributed by atoms with Crippen molar-refractivity contribution in [2.24, 2.45) is 0 Å². The van der Waals surface area contributed by atoms with E-state index in [1.54, 1.807) is 17.0 Å². The molecule has 1 amide bonds. The molecule has 0 N–H and O–H groups in total. The summed E-state index contributed by atoms with van der Waals surface area (Å²) in [5.41, 5.74) is 0. The third-order valence-corrected chi connectivity index (χ3v) is 5.35. The Morgan fingerprint density at radius 2 is 1.97 bits per heavy atom. The zero-order chi connectivity index (χ0) is 22.5. The number of nitrogens with zero attached hydrogens (tertiary/aromatic N) is 4. The average molecular weight is 457 g/mol. The maximum Gasteiger partial charge on any atom is 0.260 e. The molecule has 0 aliphatic carbocycles. The van der Waals surface area contributed by atoms with E-state index in [4.69, 9.17) is 21.1 Å². The molecule has 1 aliphatic heterocycles. The minimum Gasteiger partial charge on any atom is -0.484 e. The van der Waals surface area contributed by atoms with Gasteiger partial charge in [0.1, 0.15) is 17.9 Å². The monoisotopic (exact) mass is 456 g/mol. The lowest BCUT2D eigenvalue weighted by Crippen LogP contribution is -2.55. The highest BCUT2D eigenvalue weighted by atomic mass is 35.5. The SMILES string of the molecule is C[C@H]1CN(c2cc(Oc3ccc(Cl)cc3F)ncn2)CCN1C(=O)COc1ccccc1. The molecule has 0 saturated carbocycles. The number of rotatable bonds is 6. The van der Waals surface area contributed by atoms with E-state index in [0.29, 0.717) is 31.2 Å². The first-order valence-electron chi connectivity index (χ1n) is 10.2. The van der Waals surface area contributed by atoms with Crippen molar-refractivity contribution in [1.29, 1.82) is 0 Å². The number of carbonyl (C=O) groups is 1. The minimum absolute atomic E-state index is 0.00744. The molecule has 0 radical (unpaired) electrons. The van der Waals surface area contributed by atoms with Gasteiger partial charge in [0.05, 0.1) is 0 Å². The molecule has 9 heteroatoms. The quantitative estimate of drug-likeness (QED) is 0.554. The van der Waals surface area contributed by atoms with E-state index in [1.807, 2.05) is 42.2 Å². The van der Waals surface area contributed by atoms with Gasteiger partial charge in [-0.2, -0.15) is 0 Å². The van der Waals surface area contributed by atoms with Crippen molar-refractivity contribution in [1.82, 2.24) is 14.9 Å². The van der Waals surface area contributed by atoms with Crippen LogP contribution in [0.4, 0.5) is 10.2 Å². The van der Waals surface area contributed by atoms with Crippen LogP contribution < -0.4 is 14.4 Å². The second kappa shape index (κ2) is 9.82. The van der Waals surface area contributed by atoms with E-state index in [0.717, 1.165) is 0 Å². The van der Waals surface area contributed by atoms with Crippen molar-refractivity contribution in [2.45, 2.75) is 13.0 Å². The van der Waals surface area contributed by atoms with Gasteiger partial charge < -0.3 is 19.3 Å². The Balaban J connectivity index is 1.36. The molecule has 1 atom stereocenters. The molecule has 1 saturated heterocycles. The van der Waals surface area contributed by atoms with E-state index in [2.05, 4.69) is 9.97 Å². The Labute approximate surface area is 190 Å². The van der Waals surface area contributed by atoms with Crippen LogP contribution in [-0.4, -0.2) is 53.1 Å². The topological polar surface area (TPSA) is 67.8 Å². The highest BCUT2D eigenvalue weighted by Gasteiger charge is 2.28. The number of para-hydroxylation sites is 1. The van der Waals surface area contributed by atoms with Crippen LogP contribution in [0.5, 0.6) is 17.4 Å². The standard InChI is InChI=1S/C23H22ClFN4O3/c1-16-13-28(9-10-29(16)23(30)14-31-18-5-3-2-4-6-18)21-12-22(27-15-26-21)32-20-8-7-17(24)11-19(20)25/h2-8,11-12,15-16H,9-10,13-14H2,1H3/t16-/m0/s1. The van der Waals surface area contributed by atoms with Gasteiger partial charge in [0.15, 0.2) is 18.2 Å². The van der Waals surface area contributed by atoms with Crippen molar-refractivity contribution in [3.05, 3.63) is 71.8 Å². The Bertz CT molecular complexity index is 1090. The van der Waals surface area contributed by atoms with Gasteiger partial charge in [0.25, 0.3) is 5.91 Å². The zero-order valence-electron chi connectivity index (χ0n) is 17.4. The molecule has 2 aromatic carbocycles. The summed E-state index contributed by atoms with van der Waals surface area (Å²) in [6.07, 6.45) is 1.37. The Morgan fingerprint density at radius 1 is 1.16 bits per heavy atom. The molecule has 0 unspecified atom stereocenters. The third kappa shape index (κ3) is 5.26. The maximum atomic E-state index is 14.0. The molecule has 2 heterocycles. The predicted molar refractivity (Wildman–Crippen MR) is 119 cm³/mol. The largest absolute Gasteiger partial charge is 0.484 e. The van der Waals surface area contributed by atoms with E-state index < -0.39 is 5.82 Å². The van der Waals surface area contributed by atoms with Crippen LogP contribution >= 0.6 is 11.6 Å². The third-order valence-electron chi connectivity index (χ3n) is 5.11. The molecule has 1 aliphatic rings. The normalized spacial score (nSPS) is 16.0. The van der Waals surface area contributed by atoms with Crippen LogP contribution in [0, 0.1) is 5.82 Å². The van der Waals surface area contributed by atoms with Gasteiger partial charge in [0.2, 0.25) is 5.88 Å². The number of ether oxygens (including phenoxy) is 2. The highest BCUT2D eigenvalue weighted by molar-refractivity contribution is 6.30. The molecule has 32 heavy (non-hydrogen) atoms. The molecule has 0 bridgehead atoms. The fraction of sp³-hybridized carbons (Fsp3) is 0.261. The van der Waals surface area contributed by atoms with Crippen LogP contribution in [0.25, 0.3) is 0 Å². The Kier molecular flexibility index (Phi) is 6.70. The van der Waals surface area contributed by atoms with Crippen molar-refractivity contribution in [2.75, 3.05) is 31.1 Å². The van der Waals surface area contributed by atoms with Gasteiger partial charge in [-0.3, -0.25) is 4.79 Å². The van der Waals surface area contributed by atoms with Gasteiger partial charge >= 0.3 is 0 Å². The summed E-state index contributed by atoms with van der Waals surface area (Å²) < 4.78 is 25.2. The van der Waals surface area contributed by atoms with Crippen LogP contribution in [0.2, 0.25) is 5.02 Å². The predicted octanol–water partition coefficient (Wildman–Crippen LogP) is 4.18. The number of benzene rings is 2. The fourth-order valence-corrected chi connectivity index (χ4v) is 3.67. The summed E-state index contributed by atoms with van der Waals surface area (Å²) in [5, 5.41) is 0.286. The lowest BCUT2D eigenvalue weighted by molar-refractivity contribution is -0.135. The van der Waals surface area contributed by atoms with Crippen LogP contribution in [0.3, 0.4) is 0 Å². The smallest absolute Gasteiger partial charge is 0.260 e. The number of amides is 1. The van der Waals surface area contributed by atoms with E-state index >= 15 is 0 Å². The summed E-state index contributed by atoms with van der Waals surface area (Å²) in [6.45, 7) is 3.68. The summed E-state index contributed by atoms with van der Waals surface area (Å²) in [5.74, 6) is 0.920. The molecule has 3 aromatic rings. The summed E-state index contributed by atoms with van der Waals surface area (Å²) in [6, 6.07) is 15.0. The van der Waals surface area contributed by atoms with Crippen LogP contribution in [-0.2, 0) is 4.79 Å². The van der Waals surface area contributed by atoms with Gasteiger partial charge in [0, 0.05) is 36.8 Å². The summed E-state index contributed by atoms with van der Waals surface area (Å²) in [7, 11) is 0. The number of aromatic nitrogens is 2. The van der Waals surface area contributed by atoms with E-state index in [-0.39, 0.29) is 35.2 Å². The van der Waals surface area contributed by atoms with Gasteiger partial charge in [-0.25, -0.2) is 14.4 Å². The number of carbonyl (C=O) groups excluding carboxylic acids is 1. The second-order valence-corrected chi connectivity index (χ2v) is 7.81. The maximum absolute atomic E-state index is 14.0. The van der Waals surface area contributed by atoms with Crippen molar-refractivity contribution >= 4 is 23.3 Å². The molecule has 1 fully saturated rings. The lowest BCUT2D eigenvalue weighted by Gasteiger charge is -2.40. The van der Waals surface area contributed by atoms with E-state index in [1.165, 1.54) is 18.5 Å². The molecular formula is C23H22ClFN4O3. The molecule has 0 spiro atoms. The van der Waals surface area contributed by atoms with Crippen molar-refractivity contribution < 1.29 is 18.7 Å². The fourth-order valence-electron chi connectivity index (χ4n) is 3.51. The first-order chi connectivity index (χ1) is 15.5. The molecular weight excluding hydrogens is 435 g/mol. The zero-order valence-corrected chi connectivity index (χ0v) is 18.2. The molecule has 166 valence electrons. The highest BCUT2D eigenvalue weighted by Crippen LogP contribution is 2.27. The van der Waals surface area contributed by atoms with Crippen molar-refractivity contribution in [3.8, 4) is 17.4 Å². The molecule has 4 rings (SSSR count). The van der Waals surface area contributed by atoms with Crippen molar-refractivity contribution in [3.63, 3.8) is 0 Å². The number of hydrogen-bond acceptors (Lipinski definition) is 6. The molecule has 1 aromatic heterocycles. The lowest BCUT2D eigenvalue weighted by atomic mass is 10.2. The summed E-state index contributed by atoms with van der Waals surface area (Å²) in [4.78, 5) is 24.9. The molecule has 7 nitrogen and oxygen atoms in total. The number of anilines is 1. The Hall–Kier alpha value is -3.39.